The van der Waals surface area contributed by atoms with Gasteiger partial charge in [0.05, 0.1) is 12.2 Å². The maximum atomic E-state index is 10.7. The summed E-state index contributed by atoms with van der Waals surface area (Å²) in [7, 11) is 0. The van der Waals surface area contributed by atoms with E-state index < -0.39 is 5.60 Å². The summed E-state index contributed by atoms with van der Waals surface area (Å²) in [6, 6.07) is 1.97. The molecule has 2 saturated heterocycles. The molecule has 3 rings (SSSR count). The summed E-state index contributed by atoms with van der Waals surface area (Å²) < 4.78 is 11.2. The fourth-order valence-electron chi connectivity index (χ4n) is 3.23. The number of nitrogens with zero attached hydrogens (tertiary/aromatic N) is 3. The minimum absolute atomic E-state index is 0.115. The fourth-order valence-corrected chi connectivity index (χ4v) is 3.23. The zero-order valence-electron chi connectivity index (χ0n) is 13.4. The van der Waals surface area contributed by atoms with Gasteiger partial charge in [-0.25, -0.2) is 9.97 Å². The third-order valence-electron chi connectivity index (χ3n) is 4.38. The molecule has 1 N–H and O–H groups in total. The maximum Gasteiger partial charge on any atom is 0.158 e. The Kier molecular flexibility index (Phi) is 4.73. The average Bonchev–Trinajstić information content (AvgIpc) is 2.47. The molecule has 0 aliphatic carbocycles. The quantitative estimate of drug-likeness (QED) is 0.899. The molecule has 6 nitrogen and oxygen atoms in total. The van der Waals surface area contributed by atoms with E-state index >= 15 is 0 Å². The van der Waals surface area contributed by atoms with Gasteiger partial charge >= 0.3 is 0 Å². The van der Waals surface area contributed by atoms with Gasteiger partial charge in [-0.1, -0.05) is 0 Å². The van der Waals surface area contributed by atoms with Gasteiger partial charge in [-0.3, -0.25) is 4.90 Å². The first-order chi connectivity index (χ1) is 10.5. The van der Waals surface area contributed by atoms with Crippen LogP contribution in [0.4, 0.5) is 0 Å². The number of hydrogen-bond acceptors (Lipinski definition) is 6. The summed E-state index contributed by atoms with van der Waals surface area (Å²) in [5.74, 6) is 0.751. The minimum Gasteiger partial charge on any atom is -0.388 e. The van der Waals surface area contributed by atoms with E-state index in [-0.39, 0.29) is 6.10 Å². The molecule has 1 aromatic heterocycles. The lowest BCUT2D eigenvalue weighted by molar-refractivity contribution is -0.104. The molecule has 0 unspecified atom stereocenters. The predicted molar refractivity (Wildman–Crippen MR) is 81.6 cm³/mol. The van der Waals surface area contributed by atoms with Crippen molar-refractivity contribution in [3.63, 3.8) is 0 Å². The molecule has 2 aliphatic rings. The summed E-state index contributed by atoms with van der Waals surface area (Å²) in [5, 5.41) is 10.7. The number of rotatable bonds is 3. The van der Waals surface area contributed by atoms with Crippen LogP contribution in [-0.4, -0.2) is 65.0 Å². The molecule has 0 radical (unpaired) electrons. The Hall–Kier alpha value is -1.08. The number of aliphatic hydroxyl groups is 1. The van der Waals surface area contributed by atoms with Gasteiger partial charge in [-0.15, -0.1) is 0 Å². The molecule has 3 heterocycles. The summed E-state index contributed by atoms with van der Waals surface area (Å²) in [4.78, 5) is 11.3. The zero-order valence-corrected chi connectivity index (χ0v) is 13.4. The number of aryl methyl sites for hydroxylation is 2. The van der Waals surface area contributed by atoms with Crippen LogP contribution < -0.4 is 0 Å². The van der Waals surface area contributed by atoms with Crippen LogP contribution in [0.15, 0.2) is 6.07 Å². The Labute approximate surface area is 131 Å². The third-order valence-corrected chi connectivity index (χ3v) is 4.38. The van der Waals surface area contributed by atoms with Crippen LogP contribution in [0.1, 0.15) is 36.2 Å². The van der Waals surface area contributed by atoms with Crippen molar-refractivity contribution < 1.29 is 14.6 Å². The van der Waals surface area contributed by atoms with E-state index in [0.717, 1.165) is 30.3 Å². The Morgan fingerprint density at radius 2 is 1.91 bits per heavy atom. The second-order valence-electron chi connectivity index (χ2n) is 6.44. The monoisotopic (exact) mass is 307 g/mol. The molecule has 0 amide bonds. The Balaban J connectivity index is 1.66. The molecule has 1 atom stereocenters. The molecule has 0 bridgehead atoms. The molecule has 0 saturated carbocycles. The first-order valence-corrected chi connectivity index (χ1v) is 8.00. The minimum atomic E-state index is -0.635. The Bertz CT molecular complexity index is 497. The number of morpholine rings is 1. The highest BCUT2D eigenvalue weighted by atomic mass is 16.5. The van der Waals surface area contributed by atoms with Gasteiger partial charge in [-0.2, -0.15) is 0 Å². The van der Waals surface area contributed by atoms with Crippen molar-refractivity contribution >= 4 is 0 Å². The molecule has 122 valence electrons. The maximum absolute atomic E-state index is 10.7. The van der Waals surface area contributed by atoms with Gasteiger partial charge in [0.2, 0.25) is 0 Å². The number of β-amino-alcohol motifs (C(OH)–C–C–N with tert-alkyl or cyclic N) is 1. The zero-order chi connectivity index (χ0) is 15.6. The Morgan fingerprint density at radius 3 is 2.59 bits per heavy atom. The van der Waals surface area contributed by atoms with E-state index in [4.69, 9.17) is 9.47 Å². The Morgan fingerprint density at radius 1 is 1.23 bits per heavy atom. The number of hydrogen-bond donors (Lipinski definition) is 1. The summed E-state index contributed by atoms with van der Waals surface area (Å²) in [6.07, 6.45) is 1.29. The van der Waals surface area contributed by atoms with Gasteiger partial charge < -0.3 is 14.6 Å². The smallest absolute Gasteiger partial charge is 0.158 e. The third kappa shape index (κ3) is 3.81. The van der Waals surface area contributed by atoms with Crippen LogP contribution in [0.5, 0.6) is 0 Å². The van der Waals surface area contributed by atoms with Gasteiger partial charge in [0.15, 0.2) is 5.82 Å². The standard InChI is InChI=1S/C16H25N3O3/c1-12-9-13(2)18-15(17-12)14-10-19(5-8-22-14)11-16(20)3-6-21-7-4-16/h9,14,20H,3-8,10-11H2,1-2H3/t14-/m1/s1. The second kappa shape index (κ2) is 6.58. The highest BCUT2D eigenvalue weighted by Crippen LogP contribution is 2.25. The molecular weight excluding hydrogens is 282 g/mol. The van der Waals surface area contributed by atoms with Crippen LogP contribution in [0.25, 0.3) is 0 Å². The van der Waals surface area contributed by atoms with Gasteiger partial charge in [0.25, 0.3) is 0 Å². The lowest BCUT2D eigenvalue weighted by atomic mass is 9.93. The number of aromatic nitrogens is 2. The molecule has 6 heteroatoms. The van der Waals surface area contributed by atoms with Crippen molar-refractivity contribution in [3.8, 4) is 0 Å². The van der Waals surface area contributed by atoms with Crippen LogP contribution in [0, 0.1) is 13.8 Å². The largest absolute Gasteiger partial charge is 0.388 e. The lowest BCUT2D eigenvalue weighted by Gasteiger charge is -2.40. The van der Waals surface area contributed by atoms with E-state index in [1.807, 2.05) is 19.9 Å². The topological polar surface area (TPSA) is 67.7 Å². The molecule has 2 aliphatic heterocycles. The molecular formula is C16H25N3O3. The molecule has 1 aromatic rings. The van der Waals surface area contributed by atoms with Crippen molar-refractivity contribution in [3.05, 3.63) is 23.3 Å². The van der Waals surface area contributed by atoms with Crippen LogP contribution in [0.3, 0.4) is 0 Å². The van der Waals surface area contributed by atoms with E-state index in [9.17, 15) is 5.11 Å². The summed E-state index contributed by atoms with van der Waals surface area (Å²) >= 11 is 0. The van der Waals surface area contributed by atoms with Crippen molar-refractivity contribution in [2.24, 2.45) is 0 Å². The van der Waals surface area contributed by atoms with E-state index in [1.54, 1.807) is 0 Å². The fraction of sp³-hybridized carbons (Fsp3) is 0.750. The van der Waals surface area contributed by atoms with Gasteiger partial charge in [-0.05, 0) is 19.9 Å². The van der Waals surface area contributed by atoms with Crippen molar-refractivity contribution in [2.75, 3.05) is 39.5 Å². The first kappa shape index (κ1) is 15.8. The van der Waals surface area contributed by atoms with Crippen molar-refractivity contribution in [2.45, 2.75) is 38.4 Å². The van der Waals surface area contributed by atoms with Crippen LogP contribution in [0.2, 0.25) is 0 Å². The SMILES string of the molecule is Cc1cc(C)nc([C@H]2CN(CC3(O)CCOCC3)CCO2)n1. The highest BCUT2D eigenvalue weighted by molar-refractivity contribution is 5.10. The average molecular weight is 307 g/mol. The van der Waals surface area contributed by atoms with Crippen molar-refractivity contribution in [1.29, 1.82) is 0 Å². The van der Waals surface area contributed by atoms with Gasteiger partial charge in [0, 0.05) is 57.1 Å². The highest BCUT2D eigenvalue weighted by Gasteiger charge is 2.34. The molecule has 0 spiro atoms. The van der Waals surface area contributed by atoms with E-state index in [1.165, 1.54) is 0 Å². The molecule has 0 aromatic carbocycles. The van der Waals surface area contributed by atoms with Gasteiger partial charge in [0.1, 0.15) is 6.10 Å². The van der Waals surface area contributed by atoms with Crippen LogP contribution in [-0.2, 0) is 9.47 Å². The van der Waals surface area contributed by atoms with Crippen molar-refractivity contribution in [1.82, 2.24) is 14.9 Å². The molecule has 22 heavy (non-hydrogen) atoms. The van der Waals surface area contributed by atoms with E-state index in [2.05, 4.69) is 14.9 Å². The van der Waals surface area contributed by atoms with E-state index in [0.29, 0.717) is 39.2 Å². The normalized spacial score (nSPS) is 26.0. The molecule has 2 fully saturated rings. The summed E-state index contributed by atoms with van der Waals surface area (Å²) in [5.41, 5.74) is 1.29. The predicted octanol–water partition coefficient (Wildman–Crippen LogP) is 1.01. The summed E-state index contributed by atoms with van der Waals surface area (Å²) in [6.45, 7) is 8.12. The second-order valence-corrected chi connectivity index (χ2v) is 6.44. The van der Waals surface area contributed by atoms with Crippen LogP contribution >= 0.6 is 0 Å². The first-order valence-electron chi connectivity index (χ1n) is 8.00. The number of ether oxygens (including phenoxy) is 2. The lowest BCUT2D eigenvalue weighted by Crippen LogP contribution is -2.50.